The van der Waals surface area contributed by atoms with Crippen LogP contribution in [-0.2, 0) is 33.2 Å². The number of carbonyl (C=O) groups is 1. The Labute approximate surface area is 247 Å². The Bertz CT molecular complexity index is 476. The summed E-state index contributed by atoms with van der Waals surface area (Å²) >= 11 is 0. The average Bonchev–Trinajstić information content (AvgIpc) is 2.96. The van der Waals surface area contributed by atoms with Gasteiger partial charge < -0.3 is 28.4 Å². The molecule has 0 aliphatic heterocycles. The molecule has 0 spiro atoms. The first-order chi connectivity index (χ1) is 19.8. The Morgan fingerprint density at radius 3 is 1.05 bits per heavy atom. The summed E-state index contributed by atoms with van der Waals surface area (Å²) in [5, 5.41) is 0. The summed E-state index contributed by atoms with van der Waals surface area (Å²) in [4.78, 5) is 11.8. The summed E-state index contributed by atoms with van der Waals surface area (Å²) in [6, 6.07) is 0. The van der Waals surface area contributed by atoms with Crippen LogP contribution < -0.4 is 0 Å². The van der Waals surface area contributed by atoms with Crippen LogP contribution in [-0.4, -0.2) is 78.6 Å². The van der Waals surface area contributed by atoms with Gasteiger partial charge in [-0.3, -0.25) is 4.79 Å². The quantitative estimate of drug-likeness (QED) is 0.0560. The van der Waals surface area contributed by atoms with Gasteiger partial charge in [0, 0.05) is 13.0 Å². The standard InChI is InChI=1S/C33H66O7/c1-3-5-7-8-9-10-11-12-13-14-15-16-17-18-19-21-33(34)40-32-31-39-30-29-38-28-27-37-26-25-36-24-23-35-22-20-6-4-2/h3-32H2,1-2H3. The molecule has 40 heavy (non-hydrogen) atoms. The minimum atomic E-state index is -0.116. The van der Waals surface area contributed by atoms with Crippen molar-refractivity contribution >= 4 is 5.97 Å². The highest BCUT2D eigenvalue weighted by Crippen LogP contribution is 2.13. The van der Waals surface area contributed by atoms with Crippen molar-refractivity contribution in [3.8, 4) is 0 Å². The number of ether oxygens (including phenoxy) is 6. The first-order valence-electron chi connectivity index (χ1n) is 16.9. The lowest BCUT2D eigenvalue weighted by Gasteiger charge is -2.08. The molecule has 0 fully saturated rings. The maximum Gasteiger partial charge on any atom is 0.305 e. The van der Waals surface area contributed by atoms with E-state index in [2.05, 4.69) is 13.8 Å². The minimum Gasteiger partial charge on any atom is -0.463 e. The van der Waals surface area contributed by atoms with Gasteiger partial charge in [-0.1, -0.05) is 117 Å². The van der Waals surface area contributed by atoms with Gasteiger partial charge in [-0.25, -0.2) is 0 Å². The molecule has 0 amide bonds. The van der Waals surface area contributed by atoms with E-state index >= 15 is 0 Å². The molecule has 0 N–H and O–H groups in total. The van der Waals surface area contributed by atoms with Gasteiger partial charge >= 0.3 is 5.97 Å². The van der Waals surface area contributed by atoms with Crippen LogP contribution in [0.25, 0.3) is 0 Å². The molecule has 0 aliphatic rings. The van der Waals surface area contributed by atoms with Crippen molar-refractivity contribution in [2.75, 3.05) is 72.7 Å². The highest BCUT2D eigenvalue weighted by molar-refractivity contribution is 5.69. The van der Waals surface area contributed by atoms with E-state index in [-0.39, 0.29) is 5.97 Å². The Kier molecular flexibility index (Phi) is 35.6. The molecule has 0 radical (unpaired) electrons. The Hall–Kier alpha value is -0.730. The van der Waals surface area contributed by atoms with Gasteiger partial charge in [0.2, 0.25) is 0 Å². The minimum absolute atomic E-state index is 0.116. The van der Waals surface area contributed by atoms with E-state index in [1.165, 1.54) is 96.3 Å². The van der Waals surface area contributed by atoms with Crippen LogP contribution in [0.4, 0.5) is 0 Å². The van der Waals surface area contributed by atoms with E-state index < -0.39 is 0 Å². The van der Waals surface area contributed by atoms with Gasteiger partial charge in [0.1, 0.15) is 6.61 Å². The first-order valence-corrected chi connectivity index (χ1v) is 16.9. The number of hydrogen-bond donors (Lipinski definition) is 0. The van der Waals surface area contributed by atoms with Gasteiger partial charge in [0.25, 0.3) is 0 Å². The van der Waals surface area contributed by atoms with E-state index in [9.17, 15) is 4.79 Å². The van der Waals surface area contributed by atoms with Crippen LogP contribution in [0.1, 0.15) is 136 Å². The molecule has 0 aliphatic carbocycles. The smallest absolute Gasteiger partial charge is 0.305 e. The van der Waals surface area contributed by atoms with Crippen LogP contribution in [0.15, 0.2) is 0 Å². The van der Waals surface area contributed by atoms with Crippen LogP contribution in [0.5, 0.6) is 0 Å². The molecular formula is C33H66O7. The molecule has 0 aromatic heterocycles. The van der Waals surface area contributed by atoms with Crippen molar-refractivity contribution in [2.45, 2.75) is 136 Å². The maximum absolute atomic E-state index is 11.8. The summed E-state index contributed by atoms with van der Waals surface area (Å²) in [6.45, 7) is 10.4. The summed E-state index contributed by atoms with van der Waals surface area (Å²) in [7, 11) is 0. The Morgan fingerprint density at radius 2 is 0.650 bits per heavy atom. The summed E-state index contributed by atoms with van der Waals surface area (Å²) in [5.74, 6) is -0.116. The molecule has 240 valence electrons. The average molecular weight is 575 g/mol. The second kappa shape index (κ2) is 36.3. The molecule has 0 aromatic rings. The topological polar surface area (TPSA) is 72.5 Å². The lowest BCUT2D eigenvalue weighted by atomic mass is 10.0. The predicted molar refractivity (Wildman–Crippen MR) is 164 cm³/mol. The van der Waals surface area contributed by atoms with E-state index in [0.717, 1.165) is 25.9 Å². The fourth-order valence-electron chi connectivity index (χ4n) is 4.36. The van der Waals surface area contributed by atoms with E-state index in [1.54, 1.807) is 0 Å². The zero-order valence-corrected chi connectivity index (χ0v) is 26.6. The Morgan fingerprint density at radius 1 is 0.350 bits per heavy atom. The molecule has 0 heterocycles. The third-order valence-corrected chi connectivity index (χ3v) is 6.86. The molecule has 0 bridgehead atoms. The molecule has 0 atom stereocenters. The van der Waals surface area contributed by atoms with Gasteiger partial charge in [-0.2, -0.15) is 0 Å². The van der Waals surface area contributed by atoms with E-state index in [0.29, 0.717) is 72.5 Å². The van der Waals surface area contributed by atoms with Crippen molar-refractivity contribution in [1.29, 1.82) is 0 Å². The highest BCUT2D eigenvalue weighted by Gasteiger charge is 2.03. The van der Waals surface area contributed by atoms with Crippen LogP contribution in [0.3, 0.4) is 0 Å². The normalized spacial score (nSPS) is 11.3. The van der Waals surface area contributed by atoms with Crippen LogP contribution in [0.2, 0.25) is 0 Å². The van der Waals surface area contributed by atoms with Crippen molar-refractivity contribution in [3.05, 3.63) is 0 Å². The lowest BCUT2D eigenvalue weighted by molar-refractivity contribution is -0.145. The largest absolute Gasteiger partial charge is 0.463 e. The SMILES string of the molecule is CCCCCCCCCCCCCCCCCC(=O)OCCOCCOCCOCCOCCOCCCCC. The molecule has 0 saturated heterocycles. The van der Waals surface area contributed by atoms with E-state index in [1.807, 2.05) is 0 Å². The monoisotopic (exact) mass is 574 g/mol. The molecule has 7 nitrogen and oxygen atoms in total. The molecule has 7 heteroatoms. The van der Waals surface area contributed by atoms with Gasteiger partial charge in [0.05, 0.1) is 59.5 Å². The number of esters is 1. The lowest BCUT2D eigenvalue weighted by Crippen LogP contribution is -2.15. The number of hydrogen-bond acceptors (Lipinski definition) is 7. The molecular weight excluding hydrogens is 508 g/mol. The van der Waals surface area contributed by atoms with Crippen molar-refractivity contribution in [2.24, 2.45) is 0 Å². The summed E-state index contributed by atoms with van der Waals surface area (Å²) in [6.07, 6.45) is 23.9. The second-order valence-corrected chi connectivity index (χ2v) is 10.7. The molecule has 0 rings (SSSR count). The van der Waals surface area contributed by atoms with Crippen LogP contribution in [0, 0.1) is 0 Å². The fourth-order valence-corrected chi connectivity index (χ4v) is 4.36. The van der Waals surface area contributed by atoms with Gasteiger partial charge in [0.15, 0.2) is 0 Å². The van der Waals surface area contributed by atoms with E-state index in [4.69, 9.17) is 28.4 Å². The maximum atomic E-state index is 11.8. The van der Waals surface area contributed by atoms with Crippen molar-refractivity contribution in [3.63, 3.8) is 0 Å². The third kappa shape index (κ3) is 35.3. The predicted octanol–water partition coefficient (Wildman–Crippen LogP) is 8.06. The highest BCUT2D eigenvalue weighted by atomic mass is 16.6. The third-order valence-electron chi connectivity index (χ3n) is 6.86. The zero-order chi connectivity index (χ0) is 29.0. The molecule has 0 unspecified atom stereocenters. The Balaban J connectivity index is 3.14. The molecule has 0 saturated carbocycles. The van der Waals surface area contributed by atoms with Crippen LogP contribution >= 0.6 is 0 Å². The summed E-state index contributed by atoms with van der Waals surface area (Å²) < 4.78 is 32.6. The number of rotatable bonds is 35. The molecule has 0 aromatic carbocycles. The zero-order valence-electron chi connectivity index (χ0n) is 26.6. The van der Waals surface area contributed by atoms with Crippen molar-refractivity contribution in [1.82, 2.24) is 0 Å². The second-order valence-electron chi connectivity index (χ2n) is 10.7. The van der Waals surface area contributed by atoms with Crippen molar-refractivity contribution < 1.29 is 33.2 Å². The van der Waals surface area contributed by atoms with Gasteiger partial charge in [-0.15, -0.1) is 0 Å². The summed E-state index contributed by atoms with van der Waals surface area (Å²) in [5.41, 5.74) is 0. The number of unbranched alkanes of at least 4 members (excludes halogenated alkanes) is 16. The first kappa shape index (κ1) is 39.3. The van der Waals surface area contributed by atoms with Gasteiger partial charge in [-0.05, 0) is 12.8 Å². The fraction of sp³-hybridized carbons (Fsp3) is 0.970. The number of carbonyl (C=O) groups excluding carboxylic acids is 1.